The van der Waals surface area contributed by atoms with Gasteiger partial charge in [0.05, 0.1) is 19.9 Å². The largest absolute Gasteiger partial charge is 0.497 e. The summed E-state index contributed by atoms with van der Waals surface area (Å²) in [4.78, 5) is 13.3. The summed E-state index contributed by atoms with van der Waals surface area (Å²) in [5.74, 6) is 0.160. The van der Waals surface area contributed by atoms with E-state index in [1.54, 1.807) is 38.5 Å². The monoisotopic (exact) mass is 508 g/mol. The molecular formula is C32H29FN2O3. The summed E-state index contributed by atoms with van der Waals surface area (Å²) in [5, 5.41) is 3.80. The Morgan fingerprint density at radius 1 is 0.868 bits per heavy atom. The molecule has 0 spiro atoms. The average Bonchev–Trinajstić information content (AvgIpc) is 3.31. The van der Waals surface area contributed by atoms with Crippen molar-refractivity contribution >= 4 is 22.5 Å². The molecule has 0 saturated carbocycles. The van der Waals surface area contributed by atoms with Gasteiger partial charge >= 0.3 is 0 Å². The van der Waals surface area contributed by atoms with Crippen molar-refractivity contribution in [2.45, 2.75) is 18.9 Å². The maximum atomic E-state index is 14.3. The van der Waals surface area contributed by atoms with Crippen LogP contribution >= 0.6 is 0 Å². The van der Waals surface area contributed by atoms with Crippen LogP contribution in [0, 0.1) is 5.82 Å². The molecule has 192 valence electrons. The van der Waals surface area contributed by atoms with Crippen LogP contribution < -0.4 is 14.8 Å². The number of para-hydroxylation sites is 2. The third kappa shape index (κ3) is 5.39. The van der Waals surface area contributed by atoms with E-state index < -0.39 is 5.82 Å². The number of halogens is 1. The Kier molecular flexibility index (Phi) is 7.40. The van der Waals surface area contributed by atoms with Gasteiger partial charge in [-0.15, -0.1) is 0 Å². The summed E-state index contributed by atoms with van der Waals surface area (Å²) < 4.78 is 27.6. The number of anilines is 1. The van der Waals surface area contributed by atoms with Crippen molar-refractivity contribution in [3.05, 3.63) is 126 Å². The molecule has 5 nitrogen and oxygen atoms in total. The van der Waals surface area contributed by atoms with Crippen molar-refractivity contribution in [1.82, 2.24) is 4.57 Å². The molecule has 5 aromatic rings. The summed E-state index contributed by atoms with van der Waals surface area (Å²) in [5.41, 5.74) is 4.27. The maximum absolute atomic E-state index is 14.3. The number of carbonyl (C=O) groups excluding carboxylic acids is 1. The molecule has 0 aliphatic carbocycles. The smallest absolute Gasteiger partial charge is 0.225 e. The predicted octanol–water partition coefficient (Wildman–Crippen LogP) is 7.01. The van der Waals surface area contributed by atoms with Crippen LogP contribution in [-0.2, 0) is 11.3 Å². The Morgan fingerprint density at radius 3 is 2.24 bits per heavy atom. The number of nitrogens with zero attached hydrogens (tertiary/aromatic N) is 1. The fourth-order valence-electron chi connectivity index (χ4n) is 4.85. The first-order valence-corrected chi connectivity index (χ1v) is 12.4. The Bertz CT molecular complexity index is 1540. The van der Waals surface area contributed by atoms with Crippen molar-refractivity contribution in [2.75, 3.05) is 19.5 Å². The van der Waals surface area contributed by atoms with Crippen LogP contribution in [0.15, 0.2) is 103 Å². The first kappa shape index (κ1) is 25.1. The molecule has 1 aromatic heterocycles. The molecular weight excluding hydrogens is 479 g/mol. The van der Waals surface area contributed by atoms with Gasteiger partial charge in [-0.2, -0.15) is 0 Å². The normalized spacial score (nSPS) is 11.8. The van der Waals surface area contributed by atoms with Crippen LogP contribution in [0.2, 0.25) is 0 Å². The molecule has 1 unspecified atom stereocenters. The van der Waals surface area contributed by atoms with Gasteiger partial charge in [-0.1, -0.05) is 60.7 Å². The number of rotatable bonds is 9. The zero-order valence-electron chi connectivity index (χ0n) is 21.4. The second-order valence-electron chi connectivity index (χ2n) is 9.15. The van der Waals surface area contributed by atoms with Gasteiger partial charge in [0.2, 0.25) is 5.91 Å². The van der Waals surface area contributed by atoms with E-state index in [0.29, 0.717) is 18.0 Å². The van der Waals surface area contributed by atoms with Crippen molar-refractivity contribution in [1.29, 1.82) is 0 Å². The molecule has 6 heteroatoms. The van der Waals surface area contributed by atoms with Crippen LogP contribution in [0.4, 0.5) is 10.1 Å². The minimum Gasteiger partial charge on any atom is -0.497 e. The second-order valence-corrected chi connectivity index (χ2v) is 9.15. The minimum atomic E-state index is -0.472. The maximum Gasteiger partial charge on any atom is 0.225 e. The lowest BCUT2D eigenvalue weighted by Crippen LogP contribution is -2.17. The van der Waals surface area contributed by atoms with Gasteiger partial charge in [0, 0.05) is 42.0 Å². The van der Waals surface area contributed by atoms with Gasteiger partial charge in [0.25, 0.3) is 0 Å². The lowest BCUT2D eigenvalue weighted by Gasteiger charge is -2.19. The zero-order valence-corrected chi connectivity index (χ0v) is 21.4. The number of hydrogen-bond donors (Lipinski definition) is 1. The van der Waals surface area contributed by atoms with Gasteiger partial charge < -0.3 is 19.4 Å². The molecule has 0 fully saturated rings. The summed E-state index contributed by atoms with van der Waals surface area (Å²) in [6.45, 7) is 0.691. The molecule has 0 bridgehead atoms. The first-order valence-electron chi connectivity index (χ1n) is 12.4. The molecule has 1 atom stereocenters. The average molecular weight is 509 g/mol. The number of ether oxygens (including phenoxy) is 2. The van der Waals surface area contributed by atoms with E-state index in [-0.39, 0.29) is 23.9 Å². The van der Waals surface area contributed by atoms with Crippen LogP contribution in [0.1, 0.15) is 29.0 Å². The highest BCUT2D eigenvalue weighted by Gasteiger charge is 2.24. The van der Waals surface area contributed by atoms with E-state index in [4.69, 9.17) is 9.47 Å². The fourth-order valence-corrected chi connectivity index (χ4v) is 4.85. The van der Waals surface area contributed by atoms with Crippen LogP contribution in [0.3, 0.4) is 0 Å². The van der Waals surface area contributed by atoms with Crippen LogP contribution in [0.25, 0.3) is 10.9 Å². The van der Waals surface area contributed by atoms with E-state index in [1.165, 1.54) is 11.6 Å². The second kappa shape index (κ2) is 11.2. The lowest BCUT2D eigenvalue weighted by atomic mass is 9.87. The lowest BCUT2D eigenvalue weighted by molar-refractivity contribution is -0.116. The molecule has 0 saturated heterocycles. The number of methoxy groups -OCH3 is 2. The summed E-state index contributed by atoms with van der Waals surface area (Å²) in [6.07, 6.45) is 2.22. The Morgan fingerprint density at radius 2 is 1.53 bits per heavy atom. The summed E-state index contributed by atoms with van der Waals surface area (Å²) in [6, 6.07) is 30.3. The predicted molar refractivity (Wildman–Crippen MR) is 149 cm³/mol. The van der Waals surface area contributed by atoms with Gasteiger partial charge in [-0.05, 0) is 47.0 Å². The summed E-state index contributed by atoms with van der Waals surface area (Å²) >= 11 is 0. The van der Waals surface area contributed by atoms with Gasteiger partial charge in [-0.3, -0.25) is 4.79 Å². The fraction of sp³-hybridized carbons (Fsp3) is 0.156. The SMILES string of the molecule is COc1cc(OC)cc(C(CC(=O)Nc2ccccc2F)c2cn(Cc3ccccc3)c3ccccc23)c1. The highest BCUT2D eigenvalue weighted by Crippen LogP contribution is 2.38. The molecule has 4 aromatic carbocycles. The van der Waals surface area contributed by atoms with Crippen molar-refractivity contribution in [3.63, 3.8) is 0 Å². The first-order chi connectivity index (χ1) is 18.6. The molecule has 1 heterocycles. The van der Waals surface area contributed by atoms with Crippen molar-refractivity contribution in [3.8, 4) is 11.5 Å². The highest BCUT2D eigenvalue weighted by atomic mass is 19.1. The topological polar surface area (TPSA) is 52.5 Å². The summed E-state index contributed by atoms with van der Waals surface area (Å²) in [7, 11) is 3.20. The van der Waals surface area contributed by atoms with Crippen molar-refractivity contribution in [2.24, 2.45) is 0 Å². The van der Waals surface area contributed by atoms with Gasteiger partial charge in [0.15, 0.2) is 0 Å². The number of carbonyl (C=O) groups is 1. The molecule has 0 aliphatic rings. The van der Waals surface area contributed by atoms with Crippen LogP contribution in [-0.4, -0.2) is 24.7 Å². The van der Waals surface area contributed by atoms with Crippen molar-refractivity contribution < 1.29 is 18.7 Å². The Hall–Kier alpha value is -4.58. The Labute approximate surface area is 221 Å². The van der Waals surface area contributed by atoms with Crippen LogP contribution in [0.5, 0.6) is 11.5 Å². The van der Waals surface area contributed by atoms with E-state index in [2.05, 4.69) is 40.3 Å². The third-order valence-electron chi connectivity index (χ3n) is 6.70. The third-order valence-corrected chi connectivity index (χ3v) is 6.70. The quantitative estimate of drug-likeness (QED) is 0.233. The Balaban J connectivity index is 1.60. The molecule has 0 aliphatic heterocycles. The van der Waals surface area contributed by atoms with E-state index >= 15 is 0 Å². The number of aromatic nitrogens is 1. The number of fused-ring (bicyclic) bond motifs is 1. The molecule has 0 radical (unpaired) electrons. The van der Waals surface area contributed by atoms with E-state index in [1.807, 2.05) is 42.5 Å². The highest BCUT2D eigenvalue weighted by molar-refractivity contribution is 5.93. The van der Waals surface area contributed by atoms with Gasteiger partial charge in [-0.25, -0.2) is 4.39 Å². The molecule has 1 N–H and O–H groups in total. The standard InChI is InChI=1S/C32H29FN2O3/c1-37-24-16-23(17-25(18-24)38-2)27(19-32(36)34-30-14-8-7-13-29(30)33)28-21-35(20-22-10-4-3-5-11-22)31-15-9-6-12-26(28)31/h3-18,21,27H,19-20H2,1-2H3,(H,34,36). The minimum absolute atomic E-state index is 0.101. The van der Waals surface area contributed by atoms with E-state index in [0.717, 1.165) is 22.0 Å². The molecule has 38 heavy (non-hydrogen) atoms. The molecule has 1 amide bonds. The van der Waals surface area contributed by atoms with Gasteiger partial charge in [0.1, 0.15) is 17.3 Å². The number of benzene rings is 4. The molecule has 5 rings (SSSR count). The zero-order chi connectivity index (χ0) is 26.5. The number of nitrogens with one attached hydrogen (secondary N) is 1. The number of hydrogen-bond acceptors (Lipinski definition) is 3. The number of amides is 1. The van der Waals surface area contributed by atoms with E-state index in [9.17, 15) is 9.18 Å².